The van der Waals surface area contributed by atoms with E-state index in [-0.39, 0.29) is 5.69 Å². The maximum Gasteiger partial charge on any atom is 0.359 e. The molecule has 2 rings (SSSR count). The van der Waals surface area contributed by atoms with Crippen LogP contribution in [0.1, 0.15) is 35.9 Å². The molecule has 5 nitrogen and oxygen atoms in total. The van der Waals surface area contributed by atoms with E-state index >= 15 is 0 Å². The molecule has 1 aliphatic carbocycles. The SMILES string of the molecule is CCOC(=O)c1n[nH]c(C2(C#N)CC2)c1I. The summed E-state index contributed by atoms with van der Waals surface area (Å²) in [6, 6.07) is 2.27. The molecular formula is C10H10IN3O2. The lowest BCUT2D eigenvalue weighted by Crippen LogP contribution is -2.08. The van der Waals surface area contributed by atoms with Crippen molar-refractivity contribution < 1.29 is 9.53 Å². The van der Waals surface area contributed by atoms with Crippen molar-refractivity contribution in [1.82, 2.24) is 10.2 Å². The van der Waals surface area contributed by atoms with Gasteiger partial charge in [0.05, 0.1) is 27.4 Å². The molecule has 0 spiro atoms. The molecule has 0 unspecified atom stereocenters. The van der Waals surface area contributed by atoms with Crippen molar-refractivity contribution in [2.24, 2.45) is 0 Å². The molecule has 0 atom stereocenters. The van der Waals surface area contributed by atoms with Crippen LogP contribution in [0, 0.1) is 14.9 Å². The van der Waals surface area contributed by atoms with Crippen molar-refractivity contribution in [3.63, 3.8) is 0 Å². The van der Waals surface area contributed by atoms with Crippen LogP contribution in [-0.4, -0.2) is 22.8 Å². The molecule has 1 saturated carbocycles. The van der Waals surface area contributed by atoms with Gasteiger partial charge in [-0.15, -0.1) is 0 Å². The summed E-state index contributed by atoms with van der Waals surface area (Å²) in [6.45, 7) is 2.07. The molecule has 0 aromatic carbocycles. The van der Waals surface area contributed by atoms with Crippen LogP contribution in [0.2, 0.25) is 0 Å². The molecule has 1 aromatic heterocycles. The van der Waals surface area contributed by atoms with E-state index in [9.17, 15) is 4.79 Å². The van der Waals surface area contributed by atoms with E-state index in [1.54, 1.807) is 6.92 Å². The first-order valence-electron chi connectivity index (χ1n) is 4.97. The number of H-pyrrole nitrogens is 1. The zero-order valence-corrected chi connectivity index (χ0v) is 10.9. The highest BCUT2D eigenvalue weighted by atomic mass is 127. The average molecular weight is 331 g/mol. The number of hydrogen-bond donors (Lipinski definition) is 1. The molecule has 0 aliphatic heterocycles. The van der Waals surface area contributed by atoms with Crippen LogP contribution in [-0.2, 0) is 10.2 Å². The number of aromatic amines is 1. The lowest BCUT2D eigenvalue weighted by atomic mass is 10.1. The van der Waals surface area contributed by atoms with Gasteiger partial charge in [0.25, 0.3) is 0 Å². The predicted molar refractivity (Wildman–Crippen MR) is 63.8 cm³/mol. The van der Waals surface area contributed by atoms with E-state index in [1.165, 1.54) is 0 Å². The van der Waals surface area contributed by atoms with Gasteiger partial charge in [-0.25, -0.2) is 4.79 Å². The van der Waals surface area contributed by atoms with Gasteiger partial charge in [-0.05, 0) is 42.4 Å². The van der Waals surface area contributed by atoms with Gasteiger partial charge < -0.3 is 4.74 Å². The lowest BCUT2D eigenvalue weighted by Gasteiger charge is -2.02. The zero-order valence-electron chi connectivity index (χ0n) is 8.71. The predicted octanol–water partition coefficient (Wildman–Crippen LogP) is 1.75. The van der Waals surface area contributed by atoms with E-state index in [0.717, 1.165) is 18.5 Å². The third-order valence-corrected chi connectivity index (χ3v) is 3.67. The van der Waals surface area contributed by atoms with E-state index in [2.05, 4.69) is 16.3 Å². The fourth-order valence-electron chi connectivity index (χ4n) is 1.52. The number of esters is 1. The number of carbonyl (C=O) groups excluding carboxylic acids is 1. The summed E-state index contributed by atoms with van der Waals surface area (Å²) in [6.07, 6.45) is 1.65. The van der Waals surface area contributed by atoms with E-state index in [1.807, 2.05) is 22.6 Å². The summed E-state index contributed by atoms with van der Waals surface area (Å²) in [5.74, 6) is -0.442. The van der Waals surface area contributed by atoms with Crippen LogP contribution < -0.4 is 0 Å². The molecule has 1 aliphatic rings. The number of ether oxygens (including phenoxy) is 1. The molecule has 0 amide bonds. The highest BCUT2D eigenvalue weighted by Gasteiger charge is 2.48. The Kier molecular flexibility index (Phi) is 2.88. The maximum absolute atomic E-state index is 11.5. The van der Waals surface area contributed by atoms with Crippen LogP contribution >= 0.6 is 22.6 Å². The largest absolute Gasteiger partial charge is 0.461 e. The monoisotopic (exact) mass is 331 g/mol. The summed E-state index contributed by atoms with van der Waals surface area (Å²) in [5.41, 5.74) is 0.575. The van der Waals surface area contributed by atoms with Crippen molar-refractivity contribution in [2.75, 3.05) is 6.61 Å². The molecule has 6 heteroatoms. The standard InChI is InChI=1S/C10H10IN3O2/c1-2-16-9(15)7-6(11)8(14-13-7)10(5-12)3-4-10/h2-4H2,1H3,(H,13,14). The van der Waals surface area contributed by atoms with Crippen molar-refractivity contribution in [1.29, 1.82) is 5.26 Å². The lowest BCUT2D eigenvalue weighted by molar-refractivity contribution is 0.0518. The molecule has 1 heterocycles. The third kappa shape index (κ3) is 1.69. The summed E-state index contributed by atoms with van der Waals surface area (Å²) in [7, 11) is 0. The second kappa shape index (κ2) is 4.05. The Hall–Kier alpha value is -1.10. The van der Waals surface area contributed by atoms with Gasteiger partial charge >= 0.3 is 5.97 Å². The molecule has 0 saturated heterocycles. The normalized spacial score (nSPS) is 16.6. The van der Waals surface area contributed by atoms with Crippen molar-refractivity contribution in [3.8, 4) is 6.07 Å². The summed E-state index contributed by atoms with van der Waals surface area (Å²) in [5, 5.41) is 15.8. The minimum atomic E-state index is -0.450. The van der Waals surface area contributed by atoms with Gasteiger partial charge in [-0.2, -0.15) is 10.4 Å². The number of halogens is 1. The molecule has 1 N–H and O–H groups in total. The van der Waals surface area contributed by atoms with Crippen LogP contribution in [0.25, 0.3) is 0 Å². The van der Waals surface area contributed by atoms with Crippen molar-refractivity contribution in [3.05, 3.63) is 15.0 Å². The number of nitrogens with zero attached hydrogens (tertiary/aromatic N) is 2. The Morgan fingerprint density at radius 3 is 2.94 bits per heavy atom. The van der Waals surface area contributed by atoms with E-state index in [0.29, 0.717) is 10.2 Å². The first-order valence-corrected chi connectivity index (χ1v) is 6.05. The van der Waals surface area contributed by atoms with Crippen molar-refractivity contribution >= 4 is 28.6 Å². The fraction of sp³-hybridized carbons (Fsp3) is 0.500. The Morgan fingerprint density at radius 1 is 1.75 bits per heavy atom. The molecule has 16 heavy (non-hydrogen) atoms. The number of aromatic nitrogens is 2. The molecule has 1 fully saturated rings. The average Bonchev–Trinajstić information content (AvgIpc) is 2.97. The number of nitriles is 1. The molecule has 0 radical (unpaired) electrons. The topological polar surface area (TPSA) is 78.8 Å². The fourth-order valence-corrected chi connectivity index (χ4v) is 2.50. The maximum atomic E-state index is 11.5. The Balaban J connectivity index is 2.32. The van der Waals surface area contributed by atoms with Gasteiger partial charge in [0, 0.05) is 0 Å². The van der Waals surface area contributed by atoms with Crippen molar-refractivity contribution in [2.45, 2.75) is 25.2 Å². The minimum absolute atomic E-state index is 0.277. The van der Waals surface area contributed by atoms with Crippen LogP contribution in [0.3, 0.4) is 0 Å². The minimum Gasteiger partial charge on any atom is -0.461 e. The van der Waals surface area contributed by atoms with Crippen LogP contribution in [0.15, 0.2) is 0 Å². The quantitative estimate of drug-likeness (QED) is 0.676. The molecular weight excluding hydrogens is 321 g/mol. The Morgan fingerprint density at radius 2 is 2.44 bits per heavy atom. The molecule has 84 valence electrons. The highest BCUT2D eigenvalue weighted by Crippen LogP contribution is 2.48. The third-order valence-electron chi connectivity index (χ3n) is 2.62. The number of rotatable bonds is 3. The number of hydrogen-bond acceptors (Lipinski definition) is 4. The van der Waals surface area contributed by atoms with Gasteiger partial charge in [0.2, 0.25) is 0 Å². The summed E-state index contributed by atoms with van der Waals surface area (Å²) in [4.78, 5) is 11.5. The second-order valence-corrected chi connectivity index (χ2v) is 4.75. The Bertz CT molecular complexity index is 471. The highest BCUT2D eigenvalue weighted by molar-refractivity contribution is 14.1. The summed E-state index contributed by atoms with van der Waals surface area (Å²) < 4.78 is 5.58. The van der Waals surface area contributed by atoms with Gasteiger partial charge in [0.15, 0.2) is 5.69 Å². The Labute approximate surface area is 106 Å². The summed E-state index contributed by atoms with van der Waals surface area (Å²) >= 11 is 2.03. The second-order valence-electron chi connectivity index (χ2n) is 3.68. The molecule has 0 bridgehead atoms. The van der Waals surface area contributed by atoms with E-state index < -0.39 is 11.4 Å². The van der Waals surface area contributed by atoms with Crippen LogP contribution in [0.5, 0.6) is 0 Å². The number of carbonyl (C=O) groups is 1. The first kappa shape index (κ1) is 11.4. The molecule has 1 aromatic rings. The van der Waals surface area contributed by atoms with Crippen LogP contribution in [0.4, 0.5) is 0 Å². The smallest absolute Gasteiger partial charge is 0.359 e. The van der Waals surface area contributed by atoms with Gasteiger partial charge in [0.1, 0.15) is 0 Å². The zero-order chi connectivity index (χ0) is 11.8. The van der Waals surface area contributed by atoms with E-state index in [4.69, 9.17) is 10.00 Å². The number of nitrogens with one attached hydrogen (secondary N) is 1. The van der Waals surface area contributed by atoms with Gasteiger partial charge in [-0.1, -0.05) is 0 Å². The van der Waals surface area contributed by atoms with Gasteiger partial charge in [-0.3, -0.25) is 5.10 Å². The first-order chi connectivity index (χ1) is 7.64.